The Morgan fingerprint density at radius 2 is 2.12 bits per heavy atom. The molecule has 0 aliphatic rings. The van der Waals surface area contributed by atoms with E-state index in [0.29, 0.717) is 5.75 Å². The van der Waals surface area contributed by atoms with E-state index in [1.807, 2.05) is 0 Å². The summed E-state index contributed by atoms with van der Waals surface area (Å²) >= 11 is 5.27. The number of hydrogen-bond donors (Lipinski definition) is 0. The second kappa shape index (κ2) is 4.93. The zero-order valence-corrected chi connectivity index (χ0v) is 9.32. The molecule has 0 fully saturated rings. The maximum absolute atomic E-state index is 12.9. The second-order valence-electron chi connectivity index (χ2n) is 3.22. The zero-order valence-electron chi connectivity index (χ0n) is 8.56. The fourth-order valence-corrected chi connectivity index (χ4v) is 1.32. The normalized spacial score (nSPS) is 10.0. The number of carbonyl (C=O) groups is 1. The summed E-state index contributed by atoms with van der Waals surface area (Å²) in [5.74, 6) is 0.203. The Kier molecular flexibility index (Phi) is 3.35. The molecule has 0 atom stereocenters. The lowest BCUT2D eigenvalue weighted by atomic mass is 10.3. The van der Waals surface area contributed by atoms with Gasteiger partial charge in [-0.25, -0.2) is 9.37 Å². The van der Waals surface area contributed by atoms with Crippen LogP contribution < -0.4 is 4.74 Å². The van der Waals surface area contributed by atoms with Gasteiger partial charge in [0.1, 0.15) is 11.6 Å². The van der Waals surface area contributed by atoms with Gasteiger partial charge in [-0.05, 0) is 29.8 Å². The zero-order chi connectivity index (χ0) is 12.3. The number of carbonyl (C=O) groups excluding carboxylic acids is 1. The molecule has 3 nitrogen and oxygen atoms in total. The summed E-state index contributed by atoms with van der Waals surface area (Å²) < 4.78 is 18.2. The smallest absolute Gasteiger partial charge is 0.253 e. The summed E-state index contributed by atoms with van der Waals surface area (Å²) in [5, 5.41) is -0.588. The third kappa shape index (κ3) is 3.01. The Balaban J connectivity index is 2.16. The molecule has 0 amide bonds. The first-order chi connectivity index (χ1) is 8.15. The molecular formula is C12H7ClFNO2. The third-order valence-corrected chi connectivity index (χ3v) is 2.20. The molecule has 2 rings (SSSR count). The highest BCUT2D eigenvalue weighted by atomic mass is 35.5. The summed E-state index contributed by atoms with van der Waals surface area (Å²) in [7, 11) is 0. The van der Waals surface area contributed by atoms with Crippen molar-refractivity contribution in [3.05, 3.63) is 54.0 Å². The van der Waals surface area contributed by atoms with Gasteiger partial charge >= 0.3 is 0 Å². The SMILES string of the molecule is O=C(Cl)c1ccc(Oc2cccc(F)c2)nc1. The highest BCUT2D eigenvalue weighted by Crippen LogP contribution is 2.20. The van der Waals surface area contributed by atoms with E-state index in [2.05, 4.69) is 4.98 Å². The molecule has 0 aliphatic heterocycles. The molecule has 86 valence electrons. The molecule has 1 aromatic heterocycles. The monoisotopic (exact) mass is 251 g/mol. The van der Waals surface area contributed by atoms with Crippen LogP contribution in [0.3, 0.4) is 0 Å². The molecule has 0 radical (unpaired) electrons. The lowest BCUT2D eigenvalue weighted by Gasteiger charge is -2.04. The molecule has 0 bridgehead atoms. The summed E-state index contributed by atoms with van der Waals surface area (Å²) in [4.78, 5) is 14.7. The number of halogens is 2. The van der Waals surface area contributed by atoms with E-state index < -0.39 is 11.1 Å². The van der Waals surface area contributed by atoms with Crippen molar-refractivity contribution in [2.45, 2.75) is 0 Å². The molecule has 1 heterocycles. The van der Waals surface area contributed by atoms with Crippen molar-refractivity contribution in [1.29, 1.82) is 0 Å². The maximum Gasteiger partial charge on any atom is 0.253 e. The second-order valence-corrected chi connectivity index (χ2v) is 3.56. The van der Waals surface area contributed by atoms with Crippen molar-refractivity contribution >= 4 is 16.8 Å². The van der Waals surface area contributed by atoms with Crippen LogP contribution in [0.1, 0.15) is 10.4 Å². The van der Waals surface area contributed by atoms with E-state index >= 15 is 0 Å². The van der Waals surface area contributed by atoms with Gasteiger partial charge in [0.25, 0.3) is 5.24 Å². The molecule has 0 N–H and O–H groups in total. The molecule has 0 aliphatic carbocycles. The third-order valence-electron chi connectivity index (χ3n) is 1.98. The van der Waals surface area contributed by atoms with Crippen molar-refractivity contribution in [2.75, 3.05) is 0 Å². The van der Waals surface area contributed by atoms with Crippen LogP contribution in [-0.4, -0.2) is 10.2 Å². The average molecular weight is 252 g/mol. The number of benzene rings is 1. The quantitative estimate of drug-likeness (QED) is 0.785. The van der Waals surface area contributed by atoms with Crippen LogP contribution in [-0.2, 0) is 0 Å². The highest BCUT2D eigenvalue weighted by molar-refractivity contribution is 6.67. The van der Waals surface area contributed by atoms with E-state index in [4.69, 9.17) is 16.3 Å². The van der Waals surface area contributed by atoms with Crippen LogP contribution in [0.2, 0.25) is 0 Å². The number of nitrogens with zero attached hydrogens (tertiary/aromatic N) is 1. The molecule has 1 aromatic carbocycles. The van der Waals surface area contributed by atoms with Gasteiger partial charge in [0.15, 0.2) is 0 Å². The summed E-state index contributed by atoms with van der Waals surface area (Å²) in [5.41, 5.74) is 0.276. The Morgan fingerprint density at radius 3 is 2.71 bits per heavy atom. The van der Waals surface area contributed by atoms with Crippen LogP contribution in [0.25, 0.3) is 0 Å². The molecule has 5 heteroatoms. The van der Waals surface area contributed by atoms with Crippen molar-refractivity contribution in [2.24, 2.45) is 0 Å². The minimum atomic E-state index is -0.588. The molecule has 2 aromatic rings. The largest absolute Gasteiger partial charge is 0.439 e. The summed E-state index contributed by atoms with van der Waals surface area (Å²) in [6.07, 6.45) is 1.30. The fourth-order valence-electron chi connectivity index (χ4n) is 1.21. The van der Waals surface area contributed by atoms with E-state index in [1.54, 1.807) is 6.07 Å². The number of aromatic nitrogens is 1. The van der Waals surface area contributed by atoms with Gasteiger partial charge in [0, 0.05) is 18.3 Å². The van der Waals surface area contributed by atoms with Crippen LogP contribution >= 0.6 is 11.6 Å². The van der Waals surface area contributed by atoms with Crippen LogP contribution in [0.15, 0.2) is 42.6 Å². The number of ether oxygens (including phenoxy) is 1. The van der Waals surface area contributed by atoms with E-state index in [9.17, 15) is 9.18 Å². The van der Waals surface area contributed by atoms with Crippen molar-refractivity contribution in [1.82, 2.24) is 4.98 Å². The number of pyridine rings is 1. The minimum Gasteiger partial charge on any atom is -0.439 e. The van der Waals surface area contributed by atoms with Gasteiger partial charge in [-0.2, -0.15) is 0 Å². The maximum atomic E-state index is 12.9. The first-order valence-electron chi connectivity index (χ1n) is 4.74. The topological polar surface area (TPSA) is 39.2 Å². The molecule has 0 unspecified atom stereocenters. The average Bonchev–Trinajstić information content (AvgIpc) is 2.29. The Labute approximate surface area is 102 Å². The van der Waals surface area contributed by atoms with Gasteiger partial charge in [-0.3, -0.25) is 4.79 Å². The Morgan fingerprint density at radius 1 is 1.29 bits per heavy atom. The van der Waals surface area contributed by atoms with Gasteiger partial charge in [0.05, 0.1) is 5.56 Å². The molecular weight excluding hydrogens is 245 g/mol. The first-order valence-corrected chi connectivity index (χ1v) is 5.12. The summed E-state index contributed by atoms with van der Waals surface area (Å²) in [6.45, 7) is 0. The number of hydrogen-bond acceptors (Lipinski definition) is 3. The highest BCUT2D eigenvalue weighted by Gasteiger charge is 2.04. The standard InChI is InChI=1S/C12H7ClFNO2/c13-12(16)8-4-5-11(15-7-8)17-10-3-1-2-9(14)6-10/h1-7H. The Bertz CT molecular complexity index is 542. The molecule has 0 spiro atoms. The van der Waals surface area contributed by atoms with Crippen LogP contribution in [0.5, 0.6) is 11.6 Å². The Hall–Kier alpha value is -1.94. The van der Waals surface area contributed by atoms with Gasteiger partial charge in [-0.15, -0.1) is 0 Å². The predicted octanol–water partition coefficient (Wildman–Crippen LogP) is 3.39. The minimum absolute atomic E-state index is 0.261. The first kappa shape index (κ1) is 11.5. The fraction of sp³-hybridized carbons (Fsp3) is 0. The lowest BCUT2D eigenvalue weighted by Crippen LogP contribution is -1.92. The predicted molar refractivity (Wildman–Crippen MR) is 60.9 cm³/mol. The number of rotatable bonds is 3. The summed E-state index contributed by atoms with van der Waals surface area (Å²) in [6, 6.07) is 8.65. The van der Waals surface area contributed by atoms with Crippen molar-refractivity contribution < 1.29 is 13.9 Å². The molecule has 0 saturated carbocycles. The van der Waals surface area contributed by atoms with E-state index in [0.717, 1.165) is 0 Å². The van der Waals surface area contributed by atoms with Gasteiger partial charge in [-0.1, -0.05) is 6.07 Å². The lowest BCUT2D eigenvalue weighted by molar-refractivity contribution is 0.108. The van der Waals surface area contributed by atoms with Crippen LogP contribution in [0.4, 0.5) is 4.39 Å². The van der Waals surface area contributed by atoms with Gasteiger partial charge in [0.2, 0.25) is 5.88 Å². The van der Waals surface area contributed by atoms with Crippen molar-refractivity contribution in [3.63, 3.8) is 0 Å². The molecule has 0 saturated heterocycles. The van der Waals surface area contributed by atoms with Gasteiger partial charge < -0.3 is 4.74 Å². The van der Waals surface area contributed by atoms with E-state index in [-0.39, 0.29) is 11.4 Å². The molecule has 17 heavy (non-hydrogen) atoms. The van der Waals surface area contributed by atoms with E-state index in [1.165, 1.54) is 36.5 Å². The van der Waals surface area contributed by atoms with Crippen molar-refractivity contribution in [3.8, 4) is 11.6 Å². The van der Waals surface area contributed by atoms with Crippen LogP contribution in [0, 0.1) is 5.82 Å².